The van der Waals surface area contributed by atoms with E-state index in [1.165, 1.54) is 7.11 Å². The maximum absolute atomic E-state index is 12.2. The van der Waals surface area contributed by atoms with Crippen molar-refractivity contribution in [2.24, 2.45) is 5.92 Å². The molecule has 4 heteroatoms. The predicted octanol–water partition coefficient (Wildman–Crippen LogP) is 4.49. The van der Waals surface area contributed by atoms with Gasteiger partial charge in [-0.1, -0.05) is 51.1 Å². The fourth-order valence-electron chi connectivity index (χ4n) is 2.86. The zero-order valence-corrected chi connectivity index (χ0v) is 15.6. The van der Waals surface area contributed by atoms with E-state index in [-0.39, 0.29) is 16.9 Å². The summed E-state index contributed by atoms with van der Waals surface area (Å²) in [6.07, 6.45) is 1.71. The number of hydrogen-bond acceptors (Lipinski definition) is 3. The van der Waals surface area contributed by atoms with E-state index in [1.54, 1.807) is 0 Å². The zero-order chi connectivity index (χ0) is 16.6. The lowest BCUT2D eigenvalue weighted by Crippen LogP contribution is -2.58. The number of methoxy groups -OCH3 is 1. The Bertz CT molecular complexity index is 533. The Morgan fingerprint density at radius 3 is 2.23 bits per heavy atom. The molecule has 0 heterocycles. The fourth-order valence-corrected chi connectivity index (χ4v) is 4.44. The minimum atomic E-state index is -2.00. The zero-order valence-electron chi connectivity index (χ0n) is 14.6. The maximum atomic E-state index is 12.2. The molecule has 2 atom stereocenters. The number of rotatable bonds is 4. The molecule has 1 aromatic rings. The van der Waals surface area contributed by atoms with Crippen LogP contribution in [0.1, 0.15) is 39.2 Å². The maximum Gasteiger partial charge on any atom is 0.311 e. The molecule has 0 N–H and O–H groups in total. The third kappa shape index (κ3) is 2.86. The van der Waals surface area contributed by atoms with Crippen molar-refractivity contribution in [1.82, 2.24) is 0 Å². The van der Waals surface area contributed by atoms with E-state index in [4.69, 9.17) is 9.16 Å². The molecule has 0 aliphatic heterocycles. The van der Waals surface area contributed by atoms with Crippen LogP contribution in [0, 0.1) is 5.92 Å². The van der Waals surface area contributed by atoms with Crippen molar-refractivity contribution < 1.29 is 14.0 Å². The largest absolute Gasteiger partial charge is 0.469 e. The Morgan fingerprint density at radius 1 is 1.23 bits per heavy atom. The van der Waals surface area contributed by atoms with Crippen LogP contribution in [0.3, 0.4) is 0 Å². The molecule has 22 heavy (non-hydrogen) atoms. The molecule has 0 radical (unpaired) electrons. The lowest BCUT2D eigenvalue weighted by atomic mass is 9.65. The molecule has 0 amide bonds. The fraction of sp³-hybridized carbons (Fsp3) is 0.611. The normalized spacial score (nSPS) is 25.5. The van der Waals surface area contributed by atoms with Gasteiger partial charge in [0.15, 0.2) is 8.32 Å². The van der Waals surface area contributed by atoms with Crippen molar-refractivity contribution >= 4 is 14.3 Å². The highest BCUT2D eigenvalue weighted by Gasteiger charge is 2.57. The van der Waals surface area contributed by atoms with Gasteiger partial charge in [-0.05, 0) is 36.5 Å². The van der Waals surface area contributed by atoms with Gasteiger partial charge in [-0.25, -0.2) is 0 Å². The van der Waals surface area contributed by atoms with Crippen molar-refractivity contribution in [1.29, 1.82) is 0 Å². The second-order valence-electron chi connectivity index (χ2n) is 7.73. The van der Waals surface area contributed by atoms with Gasteiger partial charge >= 0.3 is 5.97 Å². The summed E-state index contributed by atoms with van der Waals surface area (Å²) in [4.78, 5) is 12.2. The minimum absolute atomic E-state index is 0.102. The third-order valence-electron chi connectivity index (χ3n) is 5.36. The van der Waals surface area contributed by atoms with Crippen molar-refractivity contribution in [2.45, 2.75) is 57.3 Å². The van der Waals surface area contributed by atoms with E-state index >= 15 is 0 Å². The average Bonchev–Trinajstić information content (AvgIpc) is 2.43. The molecular weight excluding hydrogens is 292 g/mol. The molecule has 0 saturated heterocycles. The van der Waals surface area contributed by atoms with Gasteiger partial charge in [-0.15, -0.1) is 0 Å². The van der Waals surface area contributed by atoms with E-state index < -0.39 is 13.9 Å². The van der Waals surface area contributed by atoms with Crippen LogP contribution in [0.25, 0.3) is 0 Å². The lowest BCUT2D eigenvalue weighted by Gasteiger charge is -2.54. The summed E-state index contributed by atoms with van der Waals surface area (Å²) in [6, 6.07) is 10.2. The molecule has 2 rings (SSSR count). The molecule has 1 aliphatic rings. The molecule has 3 nitrogen and oxygen atoms in total. The van der Waals surface area contributed by atoms with Crippen LogP contribution in [0.4, 0.5) is 0 Å². The number of carbonyl (C=O) groups excluding carboxylic acids is 1. The van der Waals surface area contributed by atoms with Gasteiger partial charge in [-0.2, -0.15) is 0 Å². The number of esters is 1. The third-order valence-corrected chi connectivity index (χ3v) is 9.85. The van der Waals surface area contributed by atoms with Crippen LogP contribution >= 0.6 is 0 Å². The van der Waals surface area contributed by atoms with Crippen molar-refractivity contribution in [2.75, 3.05) is 7.11 Å². The van der Waals surface area contributed by atoms with Crippen molar-refractivity contribution in [3.8, 4) is 0 Å². The molecule has 1 saturated carbocycles. The summed E-state index contributed by atoms with van der Waals surface area (Å²) in [6.45, 7) is 11.2. The van der Waals surface area contributed by atoms with Crippen LogP contribution < -0.4 is 0 Å². The van der Waals surface area contributed by atoms with Gasteiger partial charge in [0, 0.05) is 0 Å². The first kappa shape index (κ1) is 17.2. The summed E-state index contributed by atoms with van der Waals surface area (Å²) in [7, 11) is -0.540. The molecule has 1 aliphatic carbocycles. The summed E-state index contributed by atoms with van der Waals surface area (Å²) >= 11 is 0. The summed E-state index contributed by atoms with van der Waals surface area (Å²) in [5.41, 5.74) is 0.582. The topological polar surface area (TPSA) is 35.5 Å². The van der Waals surface area contributed by atoms with Crippen molar-refractivity contribution in [3.05, 3.63) is 35.9 Å². The molecule has 0 spiro atoms. The molecular formula is C18H28O3Si. The van der Waals surface area contributed by atoms with E-state index in [2.05, 4.69) is 46.0 Å². The lowest BCUT2D eigenvalue weighted by molar-refractivity contribution is -0.169. The Labute approximate surface area is 135 Å². The van der Waals surface area contributed by atoms with Gasteiger partial charge in [-0.3, -0.25) is 4.79 Å². The van der Waals surface area contributed by atoms with Crippen LogP contribution in [0.5, 0.6) is 0 Å². The number of benzene rings is 1. The van der Waals surface area contributed by atoms with Crippen LogP contribution in [0.15, 0.2) is 30.3 Å². The minimum Gasteiger partial charge on any atom is -0.469 e. The first-order chi connectivity index (χ1) is 10.1. The van der Waals surface area contributed by atoms with Crippen LogP contribution in [-0.2, 0) is 19.6 Å². The Hall–Kier alpha value is -1.13. The van der Waals surface area contributed by atoms with Crippen LogP contribution in [-0.4, -0.2) is 21.4 Å². The summed E-state index contributed by atoms with van der Waals surface area (Å²) in [5.74, 6) is -0.358. The quantitative estimate of drug-likeness (QED) is 0.606. The van der Waals surface area contributed by atoms with Crippen molar-refractivity contribution in [3.63, 3.8) is 0 Å². The standard InChI is InChI=1S/C18H28O3Si/c1-17(2,3)22(5,6)21-18(14-10-8-7-9-11-14)13-12-15(18)16(19)20-4/h7-11,15H,12-13H2,1-6H3/t15-,18?/m0/s1. The highest BCUT2D eigenvalue weighted by Crippen LogP contribution is 2.54. The first-order valence-electron chi connectivity index (χ1n) is 7.97. The van der Waals surface area contributed by atoms with Gasteiger partial charge in [0.25, 0.3) is 0 Å². The van der Waals surface area contributed by atoms with E-state index in [1.807, 2.05) is 18.2 Å². The van der Waals surface area contributed by atoms with Gasteiger partial charge in [0.1, 0.15) is 0 Å². The second kappa shape index (κ2) is 5.82. The first-order valence-corrected chi connectivity index (χ1v) is 10.9. The Balaban J connectivity index is 2.43. The monoisotopic (exact) mass is 320 g/mol. The highest BCUT2D eigenvalue weighted by molar-refractivity contribution is 6.74. The Morgan fingerprint density at radius 2 is 1.82 bits per heavy atom. The smallest absolute Gasteiger partial charge is 0.311 e. The van der Waals surface area contributed by atoms with Gasteiger partial charge in [0.2, 0.25) is 0 Å². The SMILES string of the molecule is COC(=O)[C@@H]1CCC1(O[Si](C)(C)C(C)(C)C)c1ccccc1. The molecule has 0 aromatic heterocycles. The Kier molecular flexibility index (Phi) is 4.55. The van der Waals surface area contributed by atoms with Gasteiger partial charge in [0.05, 0.1) is 18.6 Å². The molecule has 1 fully saturated rings. The second-order valence-corrected chi connectivity index (χ2v) is 12.5. The molecule has 0 bridgehead atoms. The highest BCUT2D eigenvalue weighted by atomic mass is 28.4. The van der Waals surface area contributed by atoms with E-state index in [0.29, 0.717) is 0 Å². The van der Waals surface area contributed by atoms with Gasteiger partial charge < -0.3 is 9.16 Å². The molecule has 1 aromatic carbocycles. The summed E-state index contributed by atoms with van der Waals surface area (Å²) in [5, 5.41) is 0.102. The number of ether oxygens (including phenoxy) is 1. The predicted molar refractivity (Wildman–Crippen MR) is 91.1 cm³/mol. The average molecular weight is 321 g/mol. The summed E-state index contributed by atoms with van der Waals surface area (Å²) < 4.78 is 11.8. The number of hydrogen-bond donors (Lipinski definition) is 0. The molecule has 1 unspecified atom stereocenters. The number of carbonyl (C=O) groups is 1. The van der Waals surface area contributed by atoms with E-state index in [9.17, 15) is 4.79 Å². The van der Waals surface area contributed by atoms with Crippen LogP contribution in [0.2, 0.25) is 18.1 Å². The van der Waals surface area contributed by atoms with E-state index in [0.717, 1.165) is 18.4 Å². The molecule has 122 valence electrons.